The Bertz CT molecular complexity index is 901. The first-order chi connectivity index (χ1) is 13.4. The van der Waals surface area contributed by atoms with E-state index in [-0.39, 0.29) is 17.8 Å². The molecular formula is C19H21ClN2O6. The van der Waals surface area contributed by atoms with Crippen molar-refractivity contribution < 1.29 is 28.3 Å². The van der Waals surface area contributed by atoms with Crippen molar-refractivity contribution in [1.82, 2.24) is 9.80 Å². The Morgan fingerprint density at radius 2 is 1.79 bits per heavy atom. The minimum absolute atomic E-state index is 0.0306. The smallest absolute Gasteiger partial charge is 0.409 e. The fourth-order valence-corrected chi connectivity index (χ4v) is 3.25. The van der Waals surface area contributed by atoms with Gasteiger partial charge in [-0.25, -0.2) is 9.59 Å². The minimum atomic E-state index is -0.719. The number of rotatable bonds is 4. The Balaban J connectivity index is 1.55. The van der Waals surface area contributed by atoms with Crippen LogP contribution < -0.4 is 0 Å². The number of ether oxygens (including phenoxy) is 2. The van der Waals surface area contributed by atoms with Crippen molar-refractivity contribution in [3.8, 4) is 0 Å². The van der Waals surface area contributed by atoms with Crippen molar-refractivity contribution in [3.63, 3.8) is 0 Å². The summed E-state index contributed by atoms with van der Waals surface area (Å²) >= 11 is 6.09. The number of furan rings is 1. The number of hydrogen-bond acceptors (Lipinski definition) is 6. The second kappa shape index (κ2) is 8.52. The highest BCUT2D eigenvalue weighted by Gasteiger charge is 2.26. The van der Waals surface area contributed by atoms with Gasteiger partial charge in [0.25, 0.3) is 5.91 Å². The van der Waals surface area contributed by atoms with Gasteiger partial charge in [-0.05, 0) is 19.9 Å². The van der Waals surface area contributed by atoms with Gasteiger partial charge in [0.05, 0.1) is 11.6 Å². The zero-order valence-corrected chi connectivity index (χ0v) is 16.5. The van der Waals surface area contributed by atoms with Crippen LogP contribution in [-0.4, -0.2) is 67.2 Å². The molecule has 8 nitrogen and oxygen atoms in total. The van der Waals surface area contributed by atoms with E-state index in [4.69, 9.17) is 25.5 Å². The number of para-hydroxylation sites is 1. The van der Waals surface area contributed by atoms with Gasteiger partial charge < -0.3 is 23.7 Å². The van der Waals surface area contributed by atoms with E-state index in [2.05, 4.69) is 0 Å². The van der Waals surface area contributed by atoms with Crippen LogP contribution in [0.5, 0.6) is 0 Å². The average molecular weight is 409 g/mol. The molecule has 0 bridgehead atoms. The van der Waals surface area contributed by atoms with E-state index in [9.17, 15) is 14.4 Å². The number of nitrogens with zero attached hydrogens (tertiary/aromatic N) is 2. The first-order valence-electron chi connectivity index (χ1n) is 8.96. The van der Waals surface area contributed by atoms with Crippen molar-refractivity contribution >= 4 is 40.5 Å². The number of aryl methyl sites for hydroxylation is 1. The van der Waals surface area contributed by atoms with Crippen LogP contribution in [0.25, 0.3) is 11.0 Å². The van der Waals surface area contributed by atoms with E-state index >= 15 is 0 Å². The minimum Gasteiger partial charge on any atom is -0.450 e. The molecule has 0 N–H and O–H groups in total. The van der Waals surface area contributed by atoms with Gasteiger partial charge in [-0.3, -0.25) is 4.79 Å². The lowest BCUT2D eigenvalue weighted by Crippen LogP contribution is -2.51. The first kappa shape index (κ1) is 20.0. The van der Waals surface area contributed by atoms with Crippen LogP contribution in [0.2, 0.25) is 5.02 Å². The molecule has 150 valence electrons. The molecule has 0 saturated carbocycles. The van der Waals surface area contributed by atoms with Gasteiger partial charge in [0, 0.05) is 37.1 Å². The van der Waals surface area contributed by atoms with Crippen LogP contribution in [0, 0.1) is 6.92 Å². The Morgan fingerprint density at radius 1 is 1.11 bits per heavy atom. The number of halogens is 1. The third-order valence-corrected chi connectivity index (χ3v) is 4.88. The topological polar surface area (TPSA) is 89.3 Å². The average Bonchev–Trinajstić information content (AvgIpc) is 3.04. The molecule has 0 unspecified atom stereocenters. The number of amides is 2. The summed E-state index contributed by atoms with van der Waals surface area (Å²) in [4.78, 5) is 39.4. The van der Waals surface area contributed by atoms with Crippen molar-refractivity contribution in [2.24, 2.45) is 0 Å². The Labute approximate surface area is 166 Å². The van der Waals surface area contributed by atoms with E-state index in [1.165, 1.54) is 0 Å². The molecule has 2 heterocycles. The summed E-state index contributed by atoms with van der Waals surface area (Å²) < 4.78 is 15.6. The highest BCUT2D eigenvalue weighted by Crippen LogP contribution is 2.30. The SMILES string of the molecule is CCOC(=O)N1CCN(C(=O)COC(=O)c2oc3c(Cl)cccc3c2C)CC1. The summed E-state index contributed by atoms with van der Waals surface area (Å²) in [7, 11) is 0. The molecule has 28 heavy (non-hydrogen) atoms. The Morgan fingerprint density at radius 3 is 2.43 bits per heavy atom. The monoisotopic (exact) mass is 408 g/mol. The summed E-state index contributed by atoms with van der Waals surface area (Å²) in [6.45, 7) is 4.84. The fourth-order valence-electron chi connectivity index (χ4n) is 3.04. The van der Waals surface area contributed by atoms with E-state index in [0.29, 0.717) is 49.0 Å². The predicted molar refractivity (Wildman–Crippen MR) is 101 cm³/mol. The molecule has 1 saturated heterocycles. The van der Waals surface area contributed by atoms with Crippen molar-refractivity contribution in [2.75, 3.05) is 39.4 Å². The molecule has 1 aliphatic heterocycles. The summed E-state index contributed by atoms with van der Waals surface area (Å²) in [5.74, 6) is -1.02. The molecule has 1 aromatic heterocycles. The first-order valence-corrected chi connectivity index (χ1v) is 9.34. The van der Waals surface area contributed by atoms with Gasteiger partial charge in [0.15, 0.2) is 12.2 Å². The normalized spacial score (nSPS) is 14.2. The zero-order valence-electron chi connectivity index (χ0n) is 15.7. The van der Waals surface area contributed by atoms with Gasteiger partial charge in [0.2, 0.25) is 5.76 Å². The predicted octanol–water partition coefficient (Wildman–Crippen LogP) is 2.85. The molecular weight excluding hydrogens is 388 g/mol. The molecule has 1 aromatic carbocycles. The van der Waals surface area contributed by atoms with Crippen molar-refractivity contribution in [2.45, 2.75) is 13.8 Å². The summed E-state index contributed by atoms with van der Waals surface area (Å²) in [5, 5.41) is 1.12. The lowest BCUT2D eigenvalue weighted by molar-refractivity contribution is -0.136. The maximum Gasteiger partial charge on any atom is 0.409 e. The van der Waals surface area contributed by atoms with Gasteiger partial charge >= 0.3 is 12.1 Å². The van der Waals surface area contributed by atoms with E-state index < -0.39 is 12.6 Å². The highest BCUT2D eigenvalue weighted by atomic mass is 35.5. The highest BCUT2D eigenvalue weighted by molar-refractivity contribution is 6.35. The molecule has 0 radical (unpaired) electrons. The summed E-state index contributed by atoms with van der Waals surface area (Å²) in [6.07, 6.45) is -0.389. The molecule has 0 aliphatic carbocycles. The second-order valence-corrected chi connectivity index (χ2v) is 6.72. The third kappa shape index (κ3) is 4.06. The Kier molecular flexibility index (Phi) is 6.08. The largest absolute Gasteiger partial charge is 0.450 e. The second-order valence-electron chi connectivity index (χ2n) is 6.32. The van der Waals surface area contributed by atoms with Crippen LogP contribution in [0.1, 0.15) is 23.0 Å². The number of benzene rings is 1. The van der Waals surface area contributed by atoms with Gasteiger partial charge in [-0.15, -0.1) is 0 Å². The van der Waals surface area contributed by atoms with Crippen LogP contribution in [0.4, 0.5) is 4.79 Å². The number of hydrogen-bond donors (Lipinski definition) is 0. The number of fused-ring (bicyclic) bond motifs is 1. The van der Waals surface area contributed by atoms with E-state index in [1.54, 1.807) is 41.8 Å². The van der Waals surface area contributed by atoms with Crippen LogP contribution in [0.3, 0.4) is 0 Å². The molecule has 0 spiro atoms. The van der Waals surface area contributed by atoms with E-state index in [0.717, 1.165) is 5.39 Å². The van der Waals surface area contributed by atoms with Crippen molar-refractivity contribution in [3.05, 3.63) is 34.5 Å². The van der Waals surface area contributed by atoms with Crippen LogP contribution in [0.15, 0.2) is 22.6 Å². The quantitative estimate of drug-likeness (QED) is 0.723. The molecule has 3 rings (SSSR count). The standard InChI is InChI=1S/C19H21ClN2O6/c1-3-26-19(25)22-9-7-21(8-10-22)15(23)11-27-18(24)16-12(2)13-5-4-6-14(20)17(13)28-16/h4-6H,3,7-11H2,1-2H3. The number of piperazine rings is 1. The zero-order chi connectivity index (χ0) is 20.3. The van der Waals surface area contributed by atoms with Crippen LogP contribution in [-0.2, 0) is 14.3 Å². The van der Waals surface area contributed by atoms with Gasteiger partial charge in [-0.2, -0.15) is 0 Å². The summed E-state index contributed by atoms with van der Waals surface area (Å²) in [6, 6.07) is 5.23. The lowest BCUT2D eigenvalue weighted by atomic mass is 10.1. The molecule has 0 atom stereocenters. The lowest BCUT2D eigenvalue weighted by Gasteiger charge is -2.33. The third-order valence-electron chi connectivity index (χ3n) is 4.59. The molecule has 2 amide bonds. The van der Waals surface area contributed by atoms with E-state index in [1.807, 2.05) is 0 Å². The number of esters is 1. The van der Waals surface area contributed by atoms with Crippen LogP contribution >= 0.6 is 11.6 Å². The van der Waals surface area contributed by atoms with Crippen molar-refractivity contribution in [1.29, 1.82) is 0 Å². The maximum absolute atomic E-state index is 12.3. The van der Waals surface area contributed by atoms with Gasteiger partial charge in [-0.1, -0.05) is 23.7 Å². The number of carbonyl (C=O) groups excluding carboxylic acids is 3. The molecule has 2 aromatic rings. The summed E-state index contributed by atoms with van der Waals surface area (Å²) in [5.41, 5.74) is 1.02. The van der Waals surface area contributed by atoms with Gasteiger partial charge in [0.1, 0.15) is 0 Å². The molecule has 1 aliphatic rings. The maximum atomic E-state index is 12.3. The molecule has 1 fully saturated rings. The Hall–Kier alpha value is -2.74. The number of carbonyl (C=O) groups is 3. The molecule has 9 heteroatoms. The fraction of sp³-hybridized carbons (Fsp3) is 0.421.